The van der Waals surface area contributed by atoms with Gasteiger partial charge in [0, 0.05) is 16.8 Å². The molecule has 1 amide bonds. The molecule has 0 saturated carbocycles. The Morgan fingerprint density at radius 1 is 1.32 bits per heavy atom. The molecule has 0 radical (unpaired) electrons. The van der Waals surface area contributed by atoms with Crippen LogP contribution >= 0.6 is 11.6 Å². The molecular weight excluding hydrogens is 340 g/mol. The van der Waals surface area contributed by atoms with Crippen molar-refractivity contribution in [3.63, 3.8) is 0 Å². The number of hydrogen-bond acceptors (Lipinski definition) is 4. The SMILES string of the molecule is CCCn1ncc(NC(=O)Cn2cc(C)c(-c3cccc(Cl)c3)n2)n1. The average Bonchev–Trinajstić information content (AvgIpc) is 3.14. The molecule has 7 nitrogen and oxygen atoms in total. The minimum atomic E-state index is -0.205. The summed E-state index contributed by atoms with van der Waals surface area (Å²) in [6, 6.07) is 7.49. The number of anilines is 1. The molecule has 2 aromatic heterocycles. The highest BCUT2D eigenvalue weighted by atomic mass is 35.5. The molecule has 8 heteroatoms. The van der Waals surface area contributed by atoms with Gasteiger partial charge in [0.25, 0.3) is 0 Å². The molecule has 130 valence electrons. The first kappa shape index (κ1) is 17.2. The van der Waals surface area contributed by atoms with Gasteiger partial charge in [-0.15, -0.1) is 5.10 Å². The summed E-state index contributed by atoms with van der Waals surface area (Å²) in [6.07, 6.45) is 4.31. The Kier molecular flexibility index (Phi) is 5.14. The number of hydrogen-bond donors (Lipinski definition) is 1. The first-order valence-corrected chi connectivity index (χ1v) is 8.43. The number of nitrogens with zero attached hydrogens (tertiary/aromatic N) is 5. The van der Waals surface area contributed by atoms with Gasteiger partial charge in [0.05, 0.1) is 18.4 Å². The lowest BCUT2D eigenvalue weighted by Gasteiger charge is -2.02. The molecule has 0 aliphatic carbocycles. The van der Waals surface area contributed by atoms with Crippen LogP contribution in [0.3, 0.4) is 0 Å². The molecule has 0 atom stereocenters. The van der Waals surface area contributed by atoms with E-state index in [1.807, 2.05) is 44.3 Å². The van der Waals surface area contributed by atoms with E-state index in [4.69, 9.17) is 11.6 Å². The molecule has 2 heterocycles. The van der Waals surface area contributed by atoms with Crippen molar-refractivity contribution in [3.8, 4) is 11.3 Å². The van der Waals surface area contributed by atoms with Crippen LogP contribution in [-0.2, 0) is 17.9 Å². The number of amides is 1. The third-order valence-electron chi connectivity index (χ3n) is 3.58. The molecule has 0 fully saturated rings. The average molecular weight is 359 g/mol. The minimum Gasteiger partial charge on any atom is -0.306 e. The van der Waals surface area contributed by atoms with E-state index in [2.05, 4.69) is 20.6 Å². The minimum absolute atomic E-state index is 0.0992. The molecule has 1 aromatic carbocycles. The topological polar surface area (TPSA) is 77.6 Å². The molecule has 0 saturated heterocycles. The number of halogens is 1. The van der Waals surface area contributed by atoms with Gasteiger partial charge in [0.15, 0.2) is 5.82 Å². The normalized spacial score (nSPS) is 10.8. The van der Waals surface area contributed by atoms with Crippen molar-refractivity contribution in [1.82, 2.24) is 24.8 Å². The van der Waals surface area contributed by atoms with E-state index < -0.39 is 0 Å². The van der Waals surface area contributed by atoms with Crippen molar-refractivity contribution in [3.05, 3.63) is 47.2 Å². The van der Waals surface area contributed by atoms with Crippen molar-refractivity contribution in [2.75, 3.05) is 5.32 Å². The Balaban J connectivity index is 1.68. The standard InChI is InChI=1S/C17H19ClN6O/c1-3-7-24-19-9-15(21-24)20-16(25)11-23-10-12(2)17(22-23)13-5-4-6-14(18)8-13/h4-6,8-10H,3,7,11H2,1-2H3,(H,20,21,25). The number of benzene rings is 1. The highest BCUT2D eigenvalue weighted by Crippen LogP contribution is 2.24. The molecule has 0 aliphatic rings. The monoisotopic (exact) mass is 358 g/mol. The smallest absolute Gasteiger partial charge is 0.247 e. The molecule has 0 aliphatic heterocycles. The van der Waals surface area contributed by atoms with E-state index in [1.54, 1.807) is 15.7 Å². The highest BCUT2D eigenvalue weighted by molar-refractivity contribution is 6.30. The van der Waals surface area contributed by atoms with Gasteiger partial charge in [0.1, 0.15) is 6.54 Å². The molecule has 25 heavy (non-hydrogen) atoms. The number of aryl methyl sites for hydroxylation is 2. The Morgan fingerprint density at radius 2 is 2.16 bits per heavy atom. The van der Waals surface area contributed by atoms with Gasteiger partial charge < -0.3 is 5.32 Å². The van der Waals surface area contributed by atoms with Crippen LogP contribution in [0.1, 0.15) is 18.9 Å². The van der Waals surface area contributed by atoms with Crippen molar-refractivity contribution < 1.29 is 4.79 Å². The van der Waals surface area contributed by atoms with Crippen molar-refractivity contribution in [2.24, 2.45) is 0 Å². The van der Waals surface area contributed by atoms with E-state index >= 15 is 0 Å². The van der Waals surface area contributed by atoms with Gasteiger partial charge in [-0.1, -0.05) is 30.7 Å². The van der Waals surface area contributed by atoms with E-state index in [1.165, 1.54) is 0 Å². The summed E-state index contributed by atoms with van der Waals surface area (Å²) < 4.78 is 1.61. The van der Waals surface area contributed by atoms with E-state index in [-0.39, 0.29) is 12.5 Å². The van der Waals surface area contributed by atoms with Crippen LogP contribution in [0.4, 0.5) is 5.82 Å². The number of carbonyl (C=O) groups excluding carboxylic acids is 1. The Bertz CT molecular complexity index is 885. The van der Waals surface area contributed by atoms with E-state index in [0.29, 0.717) is 10.8 Å². The zero-order chi connectivity index (χ0) is 17.8. The summed E-state index contributed by atoms with van der Waals surface area (Å²) in [5, 5.41) is 16.2. The number of nitrogens with one attached hydrogen (secondary N) is 1. The van der Waals surface area contributed by atoms with Crippen molar-refractivity contribution in [1.29, 1.82) is 0 Å². The predicted octanol–water partition coefficient (Wildman–Crippen LogP) is 3.15. The second kappa shape index (κ2) is 7.48. The van der Waals surface area contributed by atoms with Crippen LogP contribution in [0, 0.1) is 6.92 Å². The molecule has 1 N–H and O–H groups in total. The number of carbonyl (C=O) groups is 1. The first-order valence-electron chi connectivity index (χ1n) is 8.05. The Morgan fingerprint density at radius 3 is 2.92 bits per heavy atom. The Hall–Kier alpha value is -2.67. The fraction of sp³-hybridized carbons (Fsp3) is 0.294. The van der Waals surface area contributed by atoms with Gasteiger partial charge >= 0.3 is 0 Å². The van der Waals surface area contributed by atoms with E-state index in [9.17, 15) is 4.79 Å². The van der Waals surface area contributed by atoms with Gasteiger partial charge in [-0.3, -0.25) is 9.48 Å². The van der Waals surface area contributed by atoms with Crippen LogP contribution in [0.25, 0.3) is 11.3 Å². The molecule has 0 spiro atoms. The fourth-order valence-corrected chi connectivity index (χ4v) is 2.71. The number of aromatic nitrogens is 5. The zero-order valence-electron chi connectivity index (χ0n) is 14.1. The molecule has 0 unspecified atom stereocenters. The quantitative estimate of drug-likeness (QED) is 0.734. The van der Waals surface area contributed by atoms with Crippen molar-refractivity contribution >= 4 is 23.3 Å². The maximum absolute atomic E-state index is 12.2. The summed E-state index contributed by atoms with van der Waals surface area (Å²) in [4.78, 5) is 13.8. The van der Waals surface area contributed by atoms with E-state index in [0.717, 1.165) is 29.8 Å². The van der Waals surface area contributed by atoms with Gasteiger partial charge in [-0.05, 0) is 31.0 Å². The summed E-state index contributed by atoms with van der Waals surface area (Å²) in [7, 11) is 0. The van der Waals surface area contributed by atoms with Crippen LogP contribution in [0.2, 0.25) is 5.02 Å². The first-order chi connectivity index (χ1) is 12.0. The lowest BCUT2D eigenvalue weighted by molar-refractivity contribution is -0.116. The second-order valence-electron chi connectivity index (χ2n) is 5.74. The van der Waals surface area contributed by atoms with Crippen LogP contribution in [0.5, 0.6) is 0 Å². The lowest BCUT2D eigenvalue weighted by atomic mass is 10.1. The summed E-state index contributed by atoms with van der Waals surface area (Å²) in [5.41, 5.74) is 2.71. The highest BCUT2D eigenvalue weighted by Gasteiger charge is 2.12. The maximum Gasteiger partial charge on any atom is 0.247 e. The van der Waals surface area contributed by atoms with Gasteiger partial charge in [-0.2, -0.15) is 15.0 Å². The summed E-state index contributed by atoms with van der Waals surface area (Å²) in [6.45, 7) is 4.81. The fourth-order valence-electron chi connectivity index (χ4n) is 2.51. The molecule has 3 rings (SSSR count). The zero-order valence-corrected chi connectivity index (χ0v) is 14.9. The largest absolute Gasteiger partial charge is 0.306 e. The predicted molar refractivity (Wildman–Crippen MR) is 96.4 cm³/mol. The number of rotatable bonds is 6. The van der Waals surface area contributed by atoms with Crippen LogP contribution in [-0.4, -0.2) is 30.7 Å². The molecule has 0 bridgehead atoms. The van der Waals surface area contributed by atoms with Crippen LogP contribution in [0.15, 0.2) is 36.7 Å². The second-order valence-corrected chi connectivity index (χ2v) is 6.18. The molecular formula is C17H19ClN6O. The third-order valence-corrected chi connectivity index (χ3v) is 3.81. The van der Waals surface area contributed by atoms with Crippen molar-refractivity contribution in [2.45, 2.75) is 33.4 Å². The molecule has 3 aromatic rings. The summed E-state index contributed by atoms with van der Waals surface area (Å²) in [5.74, 6) is 0.237. The Labute approximate surface area is 150 Å². The third kappa shape index (κ3) is 4.24. The lowest BCUT2D eigenvalue weighted by Crippen LogP contribution is -2.19. The summed E-state index contributed by atoms with van der Waals surface area (Å²) >= 11 is 6.04. The van der Waals surface area contributed by atoms with Gasteiger partial charge in [-0.25, -0.2) is 0 Å². The van der Waals surface area contributed by atoms with Gasteiger partial charge in [0.2, 0.25) is 5.91 Å². The van der Waals surface area contributed by atoms with Crippen LogP contribution < -0.4 is 5.32 Å². The maximum atomic E-state index is 12.2.